The van der Waals surface area contributed by atoms with Gasteiger partial charge in [-0.25, -0.2) is 0 Å². The highest BCUT2D eigenvalue weighted by molar-refractivity contribution is 6.12. The van der Waals surface area contributed by atoms with E-state index in [0.717, 1.165) is 16.0 Å². The van der Waals surface area contributed by atoms with Crippen molar-refractivity contribution in [2.45, 2.75) is 25.9 Å². The molecule has 1 N–H and O–H groups in total. The SMILES string of the molecule is COC(=O)CN1C(=O)[C@@](O)(CC(=O)c2ccc(C)cc2C)c2ccccc21. The van der Waals surface area contributed by atoms with Gasteiger partial charge in [0.25, 0.3) is 5.91 Å². The fourth-order valence-corrected chi connectivity index (χ4v) is 3.48. The molecule has 1 aliphatic heterocycles. The zero-order valence-corrected chi connectivity index (χ0v) is 15.5. The van der Waals surface area contributed by atoms with Crippen LogP contribution in [-0.2, 0) is 19.9 Å². The number of carbonyl (C=O) groups is 3. The number of aryl methyl sites for hydroxylation is 2. The van der Waals surface area contributed by atoms with Crippen LogP contribution in [0.4, 0.5) is 5.69 Å². The number of hydrogen-bond acceptors (Lipinski definition) is 5. The Morgan fingerprint density at radius 3 is 2.52 bits per heavy atom. The lowest BCUT2D eigenvalue weighted by Gasteiger charge is -2.22. The van der Waals surface area contributed by atoms with Gasteiger partial charge in [0, 0.05) is 11.1 Å². The molecule has 140 valence electrons. The fourth-order valence-electron chi connectivity index (χ4n) is 3.48. The van der Waals surface area contributed by atoms with Gasteiger partial charge in [0.1, 0.15) is 6.54 Å². The summed E-state index contributed by atoms with van der Waals surface area (Å²) in [4.78, 5) is 38.7. The number of ether oxygens (including phenoxy) is 1. The van der Waals surface area contributed by atoms with Crippen molar-refractivity contribution in [2.24, 2.45) is 0 Å². The highest BCUT2D eigenvalue weighted by atomic mass is 16.5. The summed E-state index contributed by atoms with van der Waals surface area (Å²) < 4.78 is 4.64. The van der Waals surface area contributed by atoms with Crippen molar-refractivity contribution in [1.29, 1.82) is 0 Å². The van der Waals surface area contributed by atoms with E-state index in [1.807, 2.05) is 26.0 Å². The Bertz CT molecular complexity index is 936. The minimum Gasteiger partial charge on any atom is -0.468 e. The van der Waals surface area contributed by atoms with E-state index in [0.29, 0.717) is 16.8 Å². The molecular weight excluding hydrogens is 346 g/mol. The molecule has 0 aliphatic carbocycles. The molecule has 6 nitrogen and oxygen atoms in total. The number of amides is 1. The number of rotatable bonds is 5. The number of anilines is 1. The third kappa shape index (κ3) is 3.24. The molecule has 2 aromatic carbocycles. The lowest BCUT2D eigenvalue weighted by molar-refractivity contribution is -0.142. The first-order chi connectivity index (χ1) is 12.8. The molecule has 0 saturated carbocycles. The van der Waals surface area contributed by atoms with E-state index in [4.69, 9.17) is 0 Å². The predicted molar refractivity (Wildman–Crippen MR) is 99.6 cm³/mol. The number of methoxy groups -OCH3 is 1. The van der Waals surface area contributed by atoms with E-state index < -0.39 is 23.9 Å². The normalized spacial score (nSPS) is 18.4. The summed E-state index contributed by atoms with van der Waals surface area (Å²) >= 11 is 0. The highest BCUT2D eigenvalue weighted by Gasteiger charge is 2.51. The van der Waals surface area contributed by atoms with E-state index in [-0.39, 0.29) is 12.3 Å². The summed E-state index contributed by atoms with van der Waals surface area (Å²) in [6, 6.07) is 12.0. The minimum atomic E-state index is -2.01. The lowest BCUT2D eigenvalue weighted by Crippen LogP contribution is -2.43. The van der Waals surface area contributed by atoms with E-state index in [2.05, 4.69) is 4.74 Å². The topological polar surface area (TPSA) is 83.9 Å². The molecule has 2 aromatic rings. The Kier molecular flexibility index (Phi) is 4.85. The van der Waals surface area contributed by atoms with Crippen LogP contribution in [0.1, 0.15) is 33.5 Å². The van der Waals surface area contributed by atoms with Gasteiger partial charge >= 0.3 is 5.97 Å². The first-order valence-corrected chi connectivity index (χ1v) is 8.59. The molecule has 1 heterocycles. The molecule has 0 radical (unpaired) electrons. The molecule has 3 rings (SSSR count). The summed E-state index contributed by atoms with van der Waals surface area (Å²) in [5, 5.41) is 11.2. The molecule has 0 bridgehead atoms. The molecular formula is C21H21NO5. The maximum atomic E-state index is 13.0. The Morgan fingerprint density at radius 2 is 1.85 bits per heavy atom. The van der Waals surface area contributed by atoms with Crippen molar-refractivity contribution in [3.63, 3.8) is 0 Å². The number of para-hydroxylation sites is 1. The lowest BCUT2D eigenvalue weighted by atomic mass is 9.87. The molecule has 1 atom stereocenters. The van der Waals surface area contributed by atoms with Gasteiger partial charge < -0.3 is 9.84 Å². The van der Waals surface area contributed by atoms with Crippen molar-refractivity contribution in [1.82, 2.24) is 0 Å². The second kappa shape index (κ2) is 6.96. The van der Waals surface area contributed by atoms with Crippen molar-refractivity contribution >= 4 is 23.3 Å². The molecule has 0 spiro atoms. The van der Waals surface area contributed by atoms with Gasteiger partial charge in [-0.2, -0.15) is 0 Å². The van der Waals surface area contributed by atoms with Crippen molar-refractivity contribution in [2.75, 3.05) is 18.6 Å². The van der Waals surface area contributed by atoms with Gasteiger partial charge in [0.15, 0.2) is 11.4 Å². The van der Waals surface area contributed by atoms with Gasteiger partial charge in [-0.1, -0.05) is 42.0 Å². The summed E-state index contributed by atoms with van der Waals surface area (Å²) in [5.41, 5.74) is 0.980. The van der Waals surface area contributed by atoms with E-state index >= 15 is 0 Å². The quantitative estimate of drug-likeness (QED) is 0.647. The van der Waals surface area contributed by atoms with E-state index in [1.54, 1.807) is 30.3 Å². The minimum absolute atomic E-state index is 0.317. The second-order valence-electron chi connectivity index (χ2n) is 6.76. The Labute approximate surface area is 157 Å². The van der Waals surface area contributed by atoms with Gasteiger partial charge in [0.2, 0.25) is 0 Å². The van der Waals surface area contributed by atoms with Gasteiger partial charge in [0.05, 0.1) is 19.2 Å². The van der Waals surface area contributed by atoms with Crippen molar-refractivity contribution in [3.05, 3.63) is 64.7 Å². The molecule has 27 heavy (non-hydrogen) atoms. The number of benzene rings is 2. The molecule has 0 unspecified atom stereocenters. The third-order valence-corrected chi connectivity index (χ3v) is 4.85. The molecule has 0 aromatic heterocycles. The smallest absolute Gasteiger partial charge is 0.325 e. The van der Waals surface area contributed by atoms with Crippen molar-refractivity contribution < 1.29 is 24.2 Å². The molecule has 1 aliphatic rings. The van der Waals surface area contributed by atoms with Gasteiger partial charge in [-0.3, -0.25) is 19.3 Å². The average Bonchev–Trinajstić information content (AvgIpc) is 2.83. The number of Topliss-reactive ketones (excluding diaryl/α,β-unsaturated/α-hetero) is 1. The number of nitrogens with zero attached hydrogens (tertiary/aromatic N) is 1. The van der Waals surface area contributed by atoms with Crippen LogP contribution in [0.25, 0.3) is 0 Å². The van der Waals surface area contributed by atoms with Crippen LogP contribution in [0.3, 0.4) is 0 Å². The number of hydrogen-bond donors (Lipinski definition) is 1. The fraction of sp³-hybridized carbons (Fsp3) is 0.286. The largest absolute Gasteiger partial charge is 0.468 e. The Balaban J connectivity index is 1.97. The first kappa shape index (κ1) is 18.8. The number of carbonyl (C=O) groups excluding carboxylic acids is 3. The number of aliphatic hydroxyl groups is 1. The van der Waals surface area contributed by atoms with E-state index in [9.17, 15) is 19.5 Å². The number of fused-ring (bicyclic) bond motifs is 1. The summed E-state index contributed by atoms with van der Waals surface area (Å²) in [6.07, 6.45) is -0.398. The highest BCUT2D eigenvalue weighted by Crippen LogP contribution is 2.42. The summed E-state index contributed by atoms with van der Waals surface area (Å²) in [7, 11) is 1.23. The summed E-state index contributed by atoms with van der Waals surface area (Å²) in [6.45, 7) is 3.42. The van der Waals surface area contributed by atoms with Crippen LogP contribution in [0.5, 0.6) is 0 Å². The van der Waals surface area contributed by atoms with Gasteiger partial charge in [-0.15, -0.1) is 0 Å². The zero-order valence-electron chi connectivity index (χ0n) is 15.5. The van der Waals surface area contributed by atoms with E-state index in [1.165, 1.54) is 7.11 Å². The van der Waals surface area contributed by atoms with Gasteiger partial charge in [-0.05, 0) is 25.5 Å². The predicted octanol–water partition coefficient (Wildman–Crippen LogP) is 2.28. The summed E-state index contributed by atoms with van der Waals surface area (Å²) in [5.74, 6) is -1.65. The van der Waals surface area contributed by atoms with Crippen LogP contribution < -0.4 is 4.90 Å². The van der Waals surface area contributed by atoms with Crippen LogP contribution in [0, 0.1) is 13.8 Å². The second-order valence-corrected chi connectivity index (χ2v) is 6.76. The third-order valence-electron chi connectivity index (χ3n) is 4.85. The maximum absolute atomic E-state index is 13.0. The Hall–Kier alpha value is -2.99. The molecule has 1 amide bonds. The Morgan fingerprint density at radius 1 is 1.15 bits per heavy atom. The number of esters is 1. The van der Waals surface area contributed by atoms with Crippen LogP contribution in [-0.4, -0.2) is 36.4 Å². The standard InChI is InChI=1S/C21H21NO5/c1-13-8-9-15(14(2)10-13)18(23)11-21(26)16-6-4-5-7-17(16)22(20(21)25)12-19(24)27-3/h4-10,26H,11-12H2,1-3H3/t21-/m1/s1. The van der Waals surface area contributed by atoms with Crippen LogP contribution in [0.15, 0.2) is 42.5 Å². The zero-order chi connectivity index (χ0) is 19.8. The molecule has 0 fully saturated rings. The number of ketones is 1. The first-order valence-electron chi connectivity index (χ1n) is 8.59. The molecule has 6 heteroatoms. The van der Waals surface area contributed by atoms with Crippen molar-refractivity contribution in [3.8, 4) is 0 Å². The van der Waals surface area contributed by atoms with Crippen LogP contribution >= 0.6 is 0 Å². The monoisotopic (exact) mass is 367 g/mol. The van der Waals surface area contributed by atoms with Crippen LogP contribution in [0.2, 0.25) is 0 Å². The molecule has 0 saturated heterocycles. The average molecular weight is 367 g/mol. The maximum Gasteiger partial charge on any atom is 0.325 e.